The van der Waals surface area contributed by atoms with Crippen LogP contribution in [0, 0.1) is 0 Å². The average molecular weight is 376 g/mol. The minimum atomic E-state index is -0.309. The second-order valence-corrected chi connectivity index (χ2v) is 6.46. The lowest BCUT2D eigenvalue weighted by Gasteiger charge is -2.28. The molecule has 0 aromatic heterocycles. The zero-order chi connectivity index (χ0) is 19.5. The first kappa shape index (κ1) is 17.7. The van der Waals surface area contributed by atoms with Crippen LogP contribution < -0.4 is 14.9 Å². The maximum absolute atomic E-state index is 10.5. The molecule has 0 saturated carbocycles. The third kappa shape index (κ3) is 3.57. The number of phenols is 2. The first-order valence-corrected chi connectivity index (χ1v) is 8.88. The predicted molar refractivity (Wildman–Crippen MR) is 107 cm³/mol. The Kier molecular flexibility index (Phi) is 4.76. The maximum atomic E-state index is 10.5. The van der Waals surface area contributed by atoms with Crippen LogP contribution in [0.15, 0.2) is 71.8 Å². The molecule has 0 radical (unpaired) electrons. The summed E-state index contributed by atoms with van der Waals surface area (Å²) in [6.45, 7) is 0. The van der Waals surface area contributed by atoms with E-state index in [0.717, 1.165) is 11.3 Å². The fraction of sp³-hybridized carbons (Fsp3) is 0.136. The van der Waals surface area contributed by atoms with Crippen molar-refractivity contribution in [2.24, 2.45) is 5.10 Å². The highest BCUT2D eigenvalue weighted by Gasteiger charge is 2.30. The number of rotatable bonds is 4. The van der Waals surface area contributed by atoms with E-state index in [-0.39, 0.29) is 17.6 Å². The SMILES string of the molecule is COc1cc(O)c2c(c1)O[C@H](c1ccc(O)cc1)C/C2=N\Nc1ccccc1. The number of aromatic hydroxyl groups is 2. The molecule has 142 valence electrons. The van der Waals surface area contributed by atoms with Crippen molar-refractivity contribution in [1.29, 1.82) is 0 Å². The Morgan fingerprint density at radius 3 is 2.50 bits per heavy atom. The summed E-state index contributed by atoms with van der Waals surface area (Å²) in [5.41, 5.74) is 6.00. The number of nitrogens with zero attached hydrogens (tertiary/aromatic N) is 1. The number of hydrogen-bond donors (Lipinski definition) is 3. The van der Waals surface area contributed by atoms with Gasteiger partial charge in [-0.1, -0.05) is 30.3 Å². The van der Waals surface area contributed by atoms with Crippen LogP contribution in [0.3, 0.4) is 0 Å². The van der Waals surface area contributed by atoms with Gasteiger partial charge in [-0.15, -0.1) is 0 Å². The predicted octanol–water partition coefficient (Wildman–Crippen LogP) is 4.45. The molecule has 0 spiro atoms. The molecular formula is C22H20N2O4. The van der Waals surface area contributed by atoms with E-state index < -0.39 is 0 Å². The van der Waals surface area contributed by atoms with E-state index >= 15 is 0 Å². The van der Waals surface area contributed by atoms with Crippen molar-refractivity contribution >= 4 is 11.4 Å². The molecule has 3 N–H and O–H groups in total. The van der Waals surface area contributed by atoms with Gasteiger partial charge in [-0.25, -0.2) is 0 Å². The summed E-state index contributed by atoms with van der Waals surface area (Å²) < 4.78 is 11.4. The van der Waals surface area contributed by atoms with Crippen molar-refractivity contribution in [2.75, 3.05) is 12.5 Å². The minimum Gasteiger partial charge on any atom is -0.508 e. The van der Waals surface area contributed by atoms with Gasteiger partial charge >= 0.3 is 0 Å². The Labute approximate surface area is 162 Å². The molecule has 28 heavy (non-hydrogen) atoms. The highest BCUT2D eigenvalue weighted by molar-refractivity contribution is 6.06. The van der Waals surface area contributed by atoms with Gasteiger partial charge in [0.1, 0.15) is 29.1 Å². The lowest BCUT2D eigenvalue weighted by Crippen LogP contribution is -2.22. The van der Waals surface area contributed by atoms with E-state index in [1.54, 1.807) is 24.3 Å². The molecule has 3 aromatic carbocycles. The normalized spacial score (nSPS) is 16.9. The van der Waals surface area contributed by atoms with Gasteiger partial charge in [0.05, 0.1) is 24.1 Å². The number of nitrogens with one attached hydrogen (secondary N) is 1. The average Bonchev–Trinajstić information content (AvgIpc) is 2.72. The number of benzene rings is 3. The summed E-state index contributed by atoms with van der Waals surface area (Å²) in [6.07, 6.45) is 0.147. The summed E-state index contributed by atoms with van der Waals surface area (Å²) in [4.78, 5) is 0. The molecular weight excluding hydrogens is 356 g/mol. The smallest absolute Gasteiger partial charge is 0.136 e. The molecule has 0 saturated heterocycles. The number of phenolic OH excluding ortho intramolecular Hbond substituents is 2. The number of methoxy groups -OCH3 is 1. The number of para-hydroxylation sites is 1. The lowest BCUT2D eigenvalue weighted by molar-refractivity contribution is 0.204. The zero-order valence-corrected chi connectivity index (χ0v) is 15.3. The molecule has 1 heterocycles. The van der Waals surface area contributed by atoms with Gasteiger partial charge in [-0.2, -0.15) is 5.10 Å². The zero-order valence-electron chi connectivity index (χ0n) is 15.3. The molecule has 0 fully saturated rings. The Morgan fingerprint density at radius 1 is 1.04 bits per heavy atom. The Morgan fingerprint density at radius 2 is 1.79 bits per heavy atom. The van der Waals surface area contributed by atoms with Crippen molar-refractivity contribution in [1.82, 2.24) is 0 Å². The molecule has 1 aliphatic rings. The standard InChI is InChI=1S/C22H20N2O4/c1-27-17-11-19(26)22-18(24-23-15-5-3-2-4-6-15)13-20(28-21(22)12-17)14-7-9-16(25)10-8-14/h2-12,20,23,25-26H,13H2,1H3/b24-18+/t20-/m0/s1. The Hall–Kier alpha value is -3.67. The van der Waals surface area contributed by atoms with Crippen LogP contribution in [0.4, 0.5) is 5.69 Å². The van der Waals surface area contributed by atoms with Gasteiger partial charge in [-0.05, 0) is 29.8 Å². The lowest BCUT2D eigenvalue weighted by atomic mass is 9.94. The maximum Gasteiger partial charge on any atom is 0.136 e. The summed E-state index contributed by atoms with van der Waals surface area (Å²) in [5.74, 6) is 1.23. The monoisotopic (exact) mass is 376 g/mol. The summed E-state index contributed by atoms with van der Waals surface area (Å²) >= 11 is 0. The Bertz CT molecular complexity index is 1000. The van der Waals surface area contributed by atoms with Gasteiger partial charge in [-0.3, -0.25) is 5.43 Å². The first-order valence-electron chi connectivity index (χ1n) is 8.88. The van der Waals surface area contributed by atoms with Crippen LogP contribution in [0.5, 0.6) is 23.0 Å². The summed E-state index contributed by atoms with van der Waals surface area (Å²) in [7, 11) is 1.54. The van der Waals surface area contributed by atoms with Gasteiger partial charge < -0.3 is 19.7 Å². The Balaban J connectivity index is 1.74. The molecule has 1 aliphatic heterocycles. The number of hydrazone groups is 1. The minimum absolute atomic E-state index is 0.0483. The number of ether oxygens (including phenoxy) is 2. The van der Waals surface area contributed by atoms with E-state index in [2.05, 4.69) is 10.5 Å². The third-order valence-corrected chi connectivity index (χ3v) is 4.59. The summed E-state index contributed by atoms with van der Waals surface area (Å²) in [6, 6.07) is 19.7. The molecule has 3 aromatic rings. The molecule has 0 aliphatic carbocycles. The van der Waals surface area contributed by atoms with Crippen LogP contribution >= 0.6 is 0 Å². The fourth-order valence-corrected chi connectivity index (χ4v) is 3.17. The van der Waals surface area contributed by atoms with Crippen molar-refractivity contribution in [3.63, 3.8) is 0 Å². The molecule has 0 unspecified atom stereocenters. The highest BCUT2D eigenvalue weighted by atomic mass is 16.5. The van der Waals surface area contributed by atoms with E-state index in [1.165, 1.54) is 7.11 Å². The van der Waals surface area contributed by atoms with Crippen molar-refractivity contribution in [3.8, 4) is 23.0 Å². The van der Waals surface area contributed by atoms with Crippen LogP contribution in [-0.2, 0) is 0 Å². The third-order valence-electron chi connectivity index (χ3n) is 4.59. The topological polar surface area (TPSA) is 83.3 Å². The van der Waals surface area contributed by atoms with Gasteiger partial charge in [0, 0.05) is 18.6 Å². The molecule has 6 heteroatoms. The fourth-order valence-electron chi connectivity index (χ4n) is 3.17. The van der Waals surface area contributed by atoms with Gasteiger partial charge in [0.25, 0.3) is 0 Å². The van der Waals surface area contributed by atoms with Crippen LogP contribution in [0.25, 0.3) is 0 Å². The first-order chi connectivity index (χ1) is 13.6. The van der Waals surface area contributed by atoms with E-state index in [0.29, 0.717) is 29.2 Å². The summed E-state index contributed by atoms with van der Waals surface area (Å²) in [5, 5.41) is 24.6. The second-order valence-electron chi connectivity index (χ2n) is 6.46. The van der Waals surface area contributed by atoms with Gasteiger partial charge in [0.15, 0.2) is 0 Å². The molecule has 6 nitrogen and oxygen atoms in total. The van der Waals surface area contributed by atoms with E-state index in [4.69, 9.17) is 9.47 Å². The quantitative estimate of drug-likeness (QED) is 0.586. The highest BCUT2D eigenvalue weighted by Crippen LogP contribution is 2.42. The molecule has 4 rings (SSSR count). The molecule has 0 bridgehead atoms. The molecule has 1 atom stereocenters. The van der Waals surface area contributed by atoms with Crippen molar-refractivity contribution < 1.29 is 19.7 Å². The van der Waals surface area contributed by atoms with Crippen molar-refractivity contribution in [3.05, 3.63) is 77.9 Å². The van der Waals surface area contributed by atoms with E-state index in [1.807, 2.05) is 42.5 Å². The van der Waals surface area contributed by atoms with Crippen LogP contribution in [0.2, 0.25) is 0 Å². The molecule has 0 amide bonds. The number of fused-ring (bicyclic) bond motifs is 1. The van der Waals surface area contributed by atoms with Crippen LogP contribution in [0.1, 0.15) is 23.7 Å². The second kappa shape index (κ2) is 7.52. The number of anilines is 1. The largest absolute Gasteiger partial charge is 0.508 e. The van der Waals surface area contributed by atoms with Gasteiger partial charge in [0.2, 0.25) is 0 Å². The van der Waals surface area contributed by atoms with Crippen molar-refractivity contribution in [2.45, 2.75) is 12.5 Å². The number of hydrogen-bond acceptors (Lipinski definition) is 6. The van der Waals surface area contributed by atoms with E-state index in [9.17, 15) is 10.2 Å². The van der Waals surface area contributed by atoms with Crippen LogP contribution in [-0.4, -0.2) is 23.0 Å².